The Bertz CT molecular complexity index is 504. The van der Waals surface area contributed by atoms with Crippen molar-refractivity contribution < 1.29 is 19.1 Å². The quantitative estimate of drug-likeness (QED) is 0.669. The lowest BCUT2D eigenvalue weighted by Gasteiger charge is -2.21. The summed E-state index contributed by atoms with van der Waals surface area (Å²) in [4.78, 5) is 24.1. The number of carbonyl (C=O) groups excluding carboxylic acids is 2. The van der Waals surface area contributed by atoms with Crippen LogP contribution in [0.2, 0.25) is 0 Å². The molecule has 5 nitrogen and oxygen atoms in total. The Kier molecular flexibility index (Phi) is 4.66. The first-order chi connectivity index (χ1) is 9.37. The third-order valence-electron chi connectivity index (χ3n) is 2.22. The summed E-state index contributed by atoms with van der Waals surface area (Å²) in [5.41, 5.74) is 5.27. The molecular formula is C16H23NO4. The van der Waals surface area contributed by atoms with E-state index in [-0.39, 0.29) is 11.1 Å². The minimum absolute atomic E-state index is 0.228. The Morgan fingerprint density at radius 2 is 1.14 bits per heavy atom. The van der Waals surface area contributed by atoms with E-state index in [1.807, 2.05) is 0 Å². The van der Waals surface area contributed by atoms with E-state index in [9.17, 15) is 9.59 Å². The van der Waals surface area contributed by atoms with E-state index in [4.69, 9.17) is 15.2 Å². The standard InChI is InChI=1S/C16H23NO4/c1-15(2,3)20-13(18)10-7-11(9-12(17)8-10)14(19)21-16(4,5)6/h7-9H,17H2,1-6H3. The van der Waals surface area contributed by atoms with Crippen molar-refractivity contribution in [2.45, 2.75) is 52.7 Å². The lowest BCUT2D eigenvalue weighted by molar-refractivity contribution is 0.00676. The summed E-state index contributed by atoms with van der Waals surface area (Å²) >= 11 is 0. The van der Waals surface area contributed by atoms with Gasteiger partial charge in [0.2, 0.25) is 0 Å². The van der Waals surface area contributed by atoms with Crippen molar-refractivity contribution >= 4 is 17.6 Å². The number of carbonyl (C=O) groups is 2. The molecule has 2 N–H and O–H groups in total. The van der Waals surface area contributed by atoms with Crippen LogP contribution >= 0.6 is 0 Å². The summed E-state index contributed by atoms with van der Waals surface area (Å²) < 4.78 is 10.5. The second-order valence-corrected chi connectivity index (χ2v) is 6.85. The van der Waals surface area contributed by atoms with Gasteiger partial charge in [-0.1, -0.05) is 0 Å². The van der Waals surface area contributed by atoms with E-state index in [1.165, 1.54) is 18.2 Å². The Hall–Kier alpha value is -2.04. The fourth-order valence-corrected chi connectivity index (χ4v) is 1.56. The number of rotatable bonds is 2. The molecular weight excluding hydrogens is 270 g/mol. The van der Waals surface area contributed by atoms with Gasteiger partial charge in [0.15, 0.2) is 0 Å². The van der Waals surface area contributed by atoms with Crippen LogP contribution in [0.25, 0.3) is 0 Å². The lowest BCUT2D eigenvalue weighted by atomic mass is 10.1. The summed E-state index contributed by atoms with van der Waals surface area (Å²) in [7, 11) is 0. The van der Waals surface area contributed by atoms with E-state index < -0.39 is 23.1 Å². The number of anilines is 1. The summed E-state index contributed by atoms with van der Waals surface area (Å²) in [6, 6.07) is 4.38. The van der Waals surface area contributed by atoms with Gasteiger partial charge in [0.1, 0.15) is 11.2 Å². The van der Waals surface area contributed by atoms with Crippen molar-refractivity contribution in [2.24, 2.45) is 0 Å². The number of hydrogen-bond acceptors (Lipinski definition) is 5. The molecule has 0 saturated heterocycles. The van der Waals surface area contributed by atoms with Crippen LogP contribution in [0.3, 0.4) is 0 Å². The maximum absolute atomic E-state index is 12.0. The van der Waals surface area contributed by atoms with Gasteiger partial charge in [0, 0.05) is 5.69 Å². The fourth-order valence-electron chi connectivity index (χ4n) is 1.56. The summed E-state index contributed by atoms with van der Waals surface area (Å²) in [6.07, 6.45) is 0. The van der Waals surface area contributed by atoms with Crippen LogP contribution in [0.1, 0.15) is 62.3 Å². The zero-order valence-corrected chi connectivity index (χ0v) is 13.4. The van der Waals surface area contributed by atoms with Crippen LogP contribution in [-0.2, 0) is 9.47 Å². The second kappa shape index (κ2) is 5.76. The van der Waals surface area contributed by atoms with Gasteiger partial charge in [-0.3, -0.25) is 0 Å². The van der Waals surface area contributed by atoms with Gasteiger partial charge in [0.05, 0.1) is 11.1 Å². The van der Waals surface area contributed by atoms with E-state index in [1.54, 1.807) is 41.5 Å². The molecule has 0 fully saturated rings. The molecule has 1 aromatic rings. The molecule has 116 valence electrons. The van der Waals surface area contributed by atoms with Crippen molar-refractivity contribution in [3.63, 3.8) is 0 Å². The highest BCUT2D eigenvalue weighted by Gasteiger charge is 2.22. The van der Waals surface area contributed by atoms with Gasteiger partial charge in [-0.2, -0.15) is 0 Å². The van der Waals surface area contributed by atoms with E-state index in [0.717, 1.165) is 0 Å². The van der Waals surface area contributed by atoms with Crippen LogP contribution in [-0.4, -0.2) is 23.1 Å². The van der Waals surface area contributed by atoms with Crippen LogP contribution < -0.4 is 5.73 Å². The van der Waals surface area contributed by atoms with Crippen molar-refractivity contribution in [2.75, 3.05) is 5.73 Å². The lowest BCUT2D eigenvalue weighted by Crippen LogP contribution is -2.25. The zero-order valence-electron chi connectivity index (χ0n) is 13.4. The summed E-state index contributed by atoms with van der Waals surface area (Å²) in [6.45, 7) is 10.6. The predicted molar refractivity (Wildman–Crippen MR) is 81.2 cm³/mol. The molecule has 0 aromatic heterocycles. The number of hydrogen-bond donors (Lipinski definition) is 1. The summed E-state index contributed by atoms with van der Waals surface area (Å²) in [5, 5.41) is 0. The first-order valence-electron chi connectivity index (χ1n) is 6.75. The molecule has 0 aliphatic heterocycles. The average molecular weight is 293 g/mol. The van der Waals surface area contributed by atoms with Gasteiger partial charge in [-0.05, 0) is 59.7 Å². The monoisotopic (exact) mass is 293 g/mol. The van der Waals surface area contributed by atoms with Crippen molar-refractivity contribution in [1.82, 2.24) is 0 Å². The van der Waals surface area contributed by atoms with Gasteiger partial charge in [0.25, 0.3) is 0 Å². The Morgan fingerprint density at radius 3 is 1.43 bits per heavy atom. The molecule has 1 rings (SSSR count). The fraction of sp³-hybridized carbons (Fsp3) is 0.500. The first-order valence-corrected chi connectivity index (χ1v) is 6.75. The van der Waals surface area contributed by atoms with E-state index in [0.29, 0.717) is 5.69 Å². The summed E-state index contributed by atoms with van der Waals surface area (Å²) in [5.74, 6) is -1.06. The maximum atomic E-state index is 12.0. The maximum Gasteiger partial charge on any atom is 0.338 e. The molecule has 5 heteroatoms. The third kappa shape index (κ3) is 5.85. The Balaban J connectivity index is 3.05. The normalized spacial score (nSPS) is 11.9. The second-order valence-electron chi connectivity index (χ2n) is 6.85. The van der Waals surface area contributed by atoms with Gasteiger partial charge in [-0.25, -0.2) is 9.59 Å². The van der Waals surface area contributed by atoms with Crippen molar-refractivity contribution in [3.8, 4) is 0 Å². The van der Waals surface area contributed by atoms with Gasteiger partial charge in [-0.15, -0.1) is 0 Å². The number of ether oxygens (including phenoxy) is 2. The number of nitrogen functional groups attached to an aromatic ring is 1. The Labute approximate surface area is 125 Å². The molecule has 0 radical (unpaired) electrons. The molecule has 0 heterocycles. The highest BCUT2D eigenvalue weighted by Crippen LogP contribution is 2.19. The molecule has 0 aliphatic carbocycles. The Morgan fingerprint density at radius 1 is 0.810 bits per heavy atom. The number of benzene rings is 1. The SMILES string of the molecule is CC(C)(C)OC(=O)c1cc(N)cc(C(=O)OC(C)(C)C)c1. The van der Waals surface area contributed by atoms with Crippen LogP contribution in [0, 0.1) is 0 Å². The first kappa shape index (κ1) is 17.0. The average Bonchev–Trinajstić information content (AvgIpc) is 2.23. The third-order valence-corrected chi connectivity index (χ3v) is 2.22. The molecule has 0 amide bonds. The number of esters is 2. The molecule has 0 atom stereocenters. The number of nitrogens with two attached hydrogens (primary N) is 1. The predicted octanol–water partition coefficient (Wildman–Crippen LogP) is 3.18. The van der Waals surface area contributed by atoms with Gasteiger partial charge < -0.3 is 15.2 Å². The van der Waals surface area contributed by atoms with E-state index in [2.05, 4.69) is 0 Å². The van der Waals surface area contributed by atoms with E-state index >= 15 is 0 Å². The highest BCUT2D eigenvalue weighted by atomic mass is 16.6. The van der Waals surface area contributed by atoms with Crippen LogP contribution in [0.15, 0.2) is 18.2 Å². The molecule has 0 bridgehead atoms. The largest absolute Gasteiger partial charge is 0.456 e. The van der Waals surface area contributed by atoms with Crippen LogP contribution in [0.5, 0.6) is 0 Å². The smallest absolute Gasteiger partial charge is 0.338 e. The van der Waals surface area contributed by atoms with Crippen molar-refractivity contribution in [3.05, 3.63) is 29.3 Å². The van der Waals surface area contributed by atoms with Crippen LogP contribution in [0.4, 0.5) is 5.69 Å². The molecule has 0 aliphatic rings. The highest BCUT2D eigenvalue weighted by molar-refractivity contribution is 5.97. The minimum atomic E-state index is -0.617. The molecule has 0 spiro atoms. The van der Waals surface area contributed by atoms with Crippen molar-refractivity contribution in [1.29, 1.82) is 0 Å². The minimum Gasteiger partial charge on any atom is -0.456 e. The molecule has 1 aromatic carbocycles. The molecule has 0 saturated carbocycles. The topological polar surface area (TPSA) is 78.6 Å². The zero-order chi connectivity index (χ0) is 16.4. The molecule has 21 heavy (non-hydrogen) atoms. The molecule has 0 unspecified atom stereocenters. The van der Waals surface area contributed by atoms with Gasteiger partial charge >= 0.3 is 11.9 Å².